The third-order valence-corrected chi connectivity index (χ3v) is 3.63. The van der Waals surface area contributed by atoms with Gasteiger partial charge in [0, 0.05) is 23.6 Å². The molecule has 7 nitrogen and oxygen atoms in total. The fourth-order valence-corrected chi connectivity index (χ4v) is 2.32. The van der Waals surface area contributed by atoms with E-state index in [2.05, 4.69) is 20.6 Å². The Bertz CT molecular complexity index is 948. The van der Waals surface area contributed by atoms with Crippen LogP contribution in [0.4, 0.5) is 21.7 Å². The summed E-state index contributed by atoms with van der Waals surface area (Å²) in [6.45, 7) is 0. The van der Waals surface area contributed by atoms with Crippen molar-refractivity contribution in [2.45, 2.75) is 0 Å². The molecule has 0 aliphatic rings. The van der Waals surface area contributed by atoms with Crippen LogP contribution in [0.15, 0.2) is 54.7 Å². The number of ether oxygens (including phenoxy) is 2. The first-order chi connectivity index (χ1) is 13.1. The van der Waals surface area contributed by atoms with Crippen molar-refractivity contribution in [3.05, 3.63) is 66.2 Å². The molecule has 0 saturated heterocycles. The summed E-state index contributed by atoms with van der Waals surface area (Å²) < 4.78 is 23.4. The van der Waals surface area contributed by atoms with Crippen molar-refractivity contribution < 1.29 is 18.7 Å². The van der Waals surface area contributed by atoms with Gasteiger partial charge in [-0.2, -0.15) is 0 Å². The van der Waals surface area contributed by atoms with Gasteiger partial charge in [-0.15, -0.1) is 0 Å². The highest BCUT2D eigenvalue weighted by atomic mass is 19.1. The monoisotopic (exact) mass is 368 g/mol. The number of nitrogens with zero attached hydrogens (tertiary/aromatic N) is 2. The van der Waals surface area contributed by atoms with Crippen LogP contribution in [0.3, 0.4) is 0 Å². The maximum atomic E-state index is 13.0. The van der Waals surface area contributed by atoms with Crippen LogP contribution in [-0.2, 0) is 0 Å². The van der Waals surface area contributed by atoms with Crippen LogP contribution >= 0.6 is 0 Å². The van der Waals surface area contributed by atoms with Gasteiger partial charge in [0.15, 0.2) is 11.5 Å². The molecule has 138 valence electrons. The zero-order valence-electron chi connectivity index (χ0n) is 14.7. The third-order valence-electron chi connectivity index (χ3n) is 3.63. The highest BCUT2D eigenvalue weighted by molar-refractivity contribution is 6.02. The number of benzene rings is 2. The largest absolute Gasteiger partial charge is 0.493 e. The van der Waals surface area contributed by atoms with Crippen LogP contribution in [0, 0.1) is 5.82 Å². The van der Waals surface area contributed by atoms with Gasteiger partial charge in [-0.25, -0.2) is 14.4 Å². The van der Waals surface area contributed by atoms with E-state index < -0.39 is 5.91 Å². The molecule has 0 spiro atoms. The van der Waals surface area contributed by atoms with Crippen molar-refractivity contribution in [2.24, 2.45) is 0 Å². The molecule has 0 radical (unpaired) electrons. The van der Waals surface area contributed by atoms with Crippen LogP contribution in [0.1, 0.15) is 10.5 Å². The zero-order valence-corrected chi connectivity index (χ0v) is 14.7. The first-order valence-corrected chi connectivity index (χ1v) is 7.98. The van der Waals surface area contributed by atoms with Gasteiger partial charge in [-0.1, -0.05) is 0 Å². The van der Waals surface area contributed by atoms with Crippen LogP contribution in [0.5, 0.6) is 11.5 Å². The second kappa shape index (κ2) is 8.13. The molecule has 0 aliphatic heterocycles. The van der Waals surface area contributed by atoms with E-state index in [1.54, 1.807) is 32.4 Å². The lowest BCUT2D eigenvalue weighted by molar-refractivity contribution is 0.102. The molecule has 0 bridgehead atoms. The number of nitrogens with one attached hydrogen (secondary N) is 2. The van der Waals surface area contributed by atoms with Crippen molar-refractivity contribution in [2.75, 3.05) is 24.9 Å². The summed E-state index contributed by atoms with van der Waals surface area (Å²) >= 11 is 0. The minimum Gasteiger partial charge on any atom is -0.493 e. The first-order valence-electron chi connectivity index (χ1n) is 7.98. The van der Waals surface area contributed by atoms with Gasteiger partial charge in [-0.3, -0.25) is 4.79 Å². The van der Waals surface area contributed by atoms with Crippen molar-refractivity contribution in [3.63, 3.8) is 0 Å². The Morgan fingerprint density at radius 1 is 0.963 bits per heavy atom. The summed E-state index contributed by atoms with van der Waals surface area (Å²) in [5.74, 6) is 0.578. The number of carbonyl (C=O) groups excluding carboxylic acids is 1. The summed E-state index contributed by atoms with van der Waals surface area (Å²) in [4.78, 5) is 20.6. The second-order valence-corrected chi connectivity index (χ2v) is 5.42. The van der Waals surface area contributed by atoms with Crippen molar-refractivity contribution >= 4 is 23.2 Å². The van der Waals surface area contributed by atoms with Crippen molar-refractivity contribution in [3.8, 4) is 11.5 Å². The van der Waals surface area contributed by atoms with E-state index in [0.29, 0.717) is 22.9 Å². The number of halogens is 1. The average molecular weight is 368 g/mol. The summed E-state index contributed by atoms with van der Waals surface area (Å²) in [7, 11) is 3.09. The highest BCUT2D eigenvalue weighted by Gasteiger charge is 2.11. The highest BCUT2D eigenvalue weighted by Crippen LogP contribution is 2.30. The number of carbonyl (C=O) groups is 1. The standard InChI is InChI=1S/C19H17FN4O3/c1-26-16-8-7-14(11-17(16)27-2)23-19-21-10-9-15(24-19)18(25)22-13-5-3-12(20)4-6-13/h3-11H,1-2H3,(H,22,25)(H,21,23,24). The van der Waals surface area contributed by atoms with Gasteiger partial charge < -0.3 is 20.1 Å². The van der Waals surface area contributed by atoms with Crippen molar-refractivity contribution in [1.29, 1.82) is 0 Å². The zero-order chi connectivity index (χ0) is 19.2. The van der Waals surface area contributed by atoms with Crippen LogP contribution in [-0.4, -0.2) is 30.1 Å². The van der Waals surface area contributed by atoms with E-state index in [1.807, 2.05) is 0 Å². The molecule has 1 amide bonds. The van der Waals surface area contributed by atoms with Gasteiger partial charge in [0.25, 0.3) is 5.91 Å². The fourth-order valence-electron chi connectivity index (χ4n) is 2.32. The van der Waals surface area contributed by atoms with E-state index in [9.17, 15) is 9.18 Å². The molecule has 3 aromatic rings. The predicted octanol–water partition coefficient (Wildman–Crippen LogP) is 3.63. The average Bonchev–Trinajstić information content (AvgIpc) is 2.69. The molecule has 27 heavy (non-hydrogen) atoms. The Hall–Kier alpha value is -3.68. The normalized spacial score (nSPS) is 10.2. The number of methoxy groups -OCH3 is 2. The number of anilines is 3. The molecule has 2 aromatic carbocycles. The lowest BCUT2D eigenvalue weighted by Gasteiger charge is -2.11. The van der Waals surface area contributed by atoms with E-state index in [4.69, 9.17) is 9.47 Å². The summed E-state index contributed by atoms with van der Waals surface area (Å²) in [5, 5.41) is 5.66. The number of amides is 1. The van der Waals surface area contributed by atoms with E-state index >= 15 is 0 Å². The quantitative estimate of drug-likeness (QED) is 0.691. The van der Waals surface area contributed by atoms with Crippen molar-refractivity contribution in [1.82, 2.24) is 9.97 Å². The van der Waals surface area contributed by atoms with E-state index in [0.717, 1.165) is 0 Å². The molecule has 0 fully saturated rings. The van der Waals surface area contributed by atoms with Gasteiger partial charge >= 0.3 is 0 Å². The van der Waals surface area contributed by atoms with Gasteiger partial charge in [0.2, 0.25) is 5.95 Å². The number of hydrogen-bond donors (Lipinski definition) is 2. The minimum atomic E-state index is -0.431. The molecule has 0 aliphatic carbocycles. The Kier molecular flexibility index (Phi) is 5.46. The van der Waals surface area contributed by atoms with Crippen LogP contribution in [0.25, 0.3) is 0 Å². The predicted molar refractivity (Wildman–Crippen MR) is 99.2 cm³/mol. The smallest absolute Gasteiger partial charge is 0.274 e. The van der Waals surface area contributed by atoms with Gasteiger partial charge in [-0.05, 0) is 42.5 Å². The molecular weight excluding hydrogens is 351 g/mol. The second-order valence-electron chi connectivity index (χ2n) is 5.42. The molecule has 0 atom stereocenters. The molecule has 0 unspecified atom stereocenters. The summed E-state index contributed by atoms with van der Waals surface area (Å²) in [6, 6.07) is 12.2. The van der Waals surface area contributed by atoms with Crippen LogP contribution < -0.4 is 20.1 Å². The lowest BCUT2D eigenvalue weighted by Crippen LogP contribution is -2.14. The van der Waals surface area contributed by atoms with Gasteiger partial charge in [0.1, 0.15) is 11.5 Å². The minimum absolute atomic E-state index is 0.164. The Balaban J connectivity index is 1.75. The topological polar surface area (TPSA) is 85.4 Å². The first kappa shape index (κ1) is 18.1. The van der Waals surface area contributed by atoms with Crippen LogP contribution in [0.2, 0.25) is 0 Å². The van der Waals surface area contributed by atoms with Gasteiger partial charge in [0.05, 0.1) is 14.2 Å². The SMILES string of the molecule is COc1ccc(Nc2nccc(C(=O)Nc3ccc(F)cc3)n2)cc1OC. The number of rotatable bonds is 6. The molecule has 1 aromatic heterocycles. The summed E-state index contributed by atoms with van der Waals surface area (Å²) in [5.41, 5.74) is 1.30. The lowest BCUT2D eigenvalue weighted by atomic mass is 10.2. The Morgan fingerprint density at radius 3 is 2.37 bits per heavy atom. The molecular formula is C19H17FN4O3. The molecule has 1 heterocycles. The Labute approximate surface area is 155 Å². The fraction of sp³-hybridized carbons (Fsp3) is 0.105. The molecule has 0 saturated carbocycles. The van der Waals surface area contributed by atoms with E-state index in [1.165, 1.54) is 36.5 Å². The maximum Gasteiger partial charge on any atom is 0.274 e. The number of aromatic nitrogens is 2. The van der Waals surface area contributed by atoms with E-state index in [-0.39, 0.29) is 17.5 Å². The molecule has 2 N–H and O–H groups in total. The Morgan fingerprint density at radius 2 is 1.67 bits per heavy atom. The maximum absolute atomic E-state index is 13.0. The third kappa shape index (κ3) is 4.49. The summed E-state index contributed by atoms with van der Waals surface area (Å²) in [6.07, 6.45) is 1.47. The number of hydrogen-bond acceptors (Lipinski definition) is 6. The molecule has 8 heteroatoms. The molecule has 3 rings (SSSR count).